The Morgan fingerprint density at radius 1 is 1.38 bits per heavy atom. The lowest BCUT2D eigenvalue weighted by Gasteiger charge is -2.25. The van der Waals surface area contributed by atoms with Crippen LogP contribution in [0, 0.1) is 0 Å². The Labute approximate surface area is 81.6 Å². The van der Waals surface area contributed by atoms with Crippen LogP contribution in [0.1, 0.15) is 5.56 Å². The molecule has 70 valence electrons. The maximum absolute atomic E-state index is 12.6. The van der Waals surface area contributed by atoms with Gasteiger partial charge >= 0.3 is 6.29 Å². The molecular formula is C8H5BrF2O2. The number of rotatable bonds is 0. The van der Waals surface area contributed by atoms with Crippen LogP contribution in [0.15, 0.2) is 22.7 Å². The molecule has 1 aliphatic heterocycles. The van der Waals surface area contributed by atoms with Crippen LogP contribution in [0.2, 0.25) is 0 Å². The second-order valence-electron chi connectivity index (χ2n) is 2.58. The Kier molecular flexibility index (Phi) is 2.00. The van der Waals surface area contributed by atoms with E-state index in [0.717, 1.165) is 0 Å². The van der Waals surface area contributed by atoms with E-state index < -0.39 is 6.29 Å². The van der Waals surface area contributed by atoms with Gasteiger partial charge in [0.1, 0.15) is 5.75 Å². The van der Waals surface area contributed by atoms with Crippen LogP contribution in [-0.4, -0.2) is 6.29 Å². The van der Waals surface area contributed by atoms with E-state index >= 15 is 0 Å². The van der Waals surface area contributed by atoms with Gasteiger partial charge in [-0.05, 0) is 22.0 Å². The summed E-state index contributed by atoms with van der Waals surface area (Å²) in [6.07, 6.45) is -3.52. The van der Waals surface area contributed by atoms with Gasteiger partial charge in [0.05, 0.1) is 11.1 Å². The molecule has 2 rings (SSSR count). The number of halogens is 3. The molecule has 0 saturated carbocycles. The molecule has 0 atom stereocenters. The Balaban J connectivity index is 2.44. The molecule has 0 bridgehead atoms. The number of hydrogen-bond acceptors (Lipinski definition) is 2. The Morgan fingerprint density at radius 2 is 2.15 bits per heavy atom. The molecule has 1 aromatic carbocycles. The Hall–Kier alpha value is -0.680. The fourth-order valence-corrected chi connectivity index (χ4v) is 1.58. The summed E-state index contributed by atoms with van der Waals surface area (Å²) in [5.41, 5.74) is 0.611. The molecule has 2 nitrogen and oxygen atoms in total. The molecule has 0 unspecified atom stereocenters. The predicted octanol–water partition coefficient (Wildman–Crippen LogP) is 2.91. The van der Waals surface area contributed by atoms with Gasteiger partial charge in [-0.1, -0.05) is 12.1 Å². The standard InChI is InChI=1S/C8H5BrF2O2/c9-6-3-1-2-5-4-12-8(10,11)13-7(5)6/h1-3H,4H2. The van der Waals surface area contributed by atoms with Gasteiger partial charge < -0.3 is 4.74 Å². The normalized spacial score (nSPS) is 19.0. The Morgan fingerprint density at radius 3 is 2.92 bits per heavy atom. The molecule has 0 N–H and O–H groups in total. The maximum Gasteiger partial charge on any atom is 0.535 e. The number of alkyl halides is 2. The first kappa shape index (κ1) is 8.90. The van der Waals surface area contributed by atoms with Crippen molar-refractivity contribution in [3.63, 3.8) is 0 Å². The zero-order chi connectivity index (χ0) is 9.47. The molecule has 0 aliphatic carbocycles. The zero-order valence-electron chi connectivity index (χ0n) is 6.39. The third kappa shape index (κ3) is 1.66. The molecule has 0 saturated heterocycles. The van der Waals surface area contributed by atoms with Gasteiger partial charge in [-0.15, -0.1) is 8.78 Å². The summed E-state index contributed by atoms with van der Waals surface area (Å²) in [5, 5.41) is 0. The fourth-order valence-electron chi connectivity index (χ4n) is 1.09. The molecule has 0 amide bonds. The molecule has 5 heteroatoms. The minimum absolute atomic E-state index is 0.137. The van der Waals surface area contributed by atoms with E-state index in [0.29, 0.717) is 10.0 Å². The van der Waals surface area contributed by atoms with Crippen molar-refractivity contribution in [2.75, 3.05) is 0 Å². The first-order valence-corrected chi connectivity index (χ1v) is 4.36. The smallest absolute Gasteiger partial charge is 0.408 e. The van der Waals surface area contributed by atoms with Gasteiger partial charge in [-0.25, -0.2) is 0 Å². The number of hydrogen-bond donors (Lipinski definition) is 0. The van der Waals surface area contributed by atoms with Gasteiger partial charge in [-0.2, -0.15) is 0 Å². The largest absolute Gasteiger partial charge is 0.535 e. The van der Waals surface area contributed by atoms with Crippen molar-refractivity contribution in [1.29, 1.82) is 0 Å². The lowest BCUT2D eigenvalue weighted by atomic mass is 10.2. The maximum atomic E-state index is 12.6. The van der Waals surface area contributed by atoms with Crippen LogP contribution in [0.4, 0.5) is 8.78 Å². The van der Waals surface area contributed by atoms with E-state index in [2.05, 4.69) is 25.4 Å². The molecule has 0 aromatic heterocycles. The van der Waals surface area contributed by atoms with E-state index in [4.69, 9.17) is 0 Å². The van der Waals surface area contributed by atoms with Crippen LogP contribution < -0.4 is 4.74 Å². The minimum Gasteiger partial charge on any atom is -0.408 e. The van der Waals surface area contributed by atoms with Crippen LogP contribution in [-0.2, 0) is 11.3 Å². The fraction of sp³-hybridized carbons (Fsp3) is 0.250. The summed E-state index contributed by atoms with van der Waals surface area (Å²) in [4.78, 5) is 0. The highest BCUT2D eigenvalue weighted by atomic mass is 79.9. The van der Waals surface area contributed by atoms with Crippen molar-refractivity contribution in [3.05, 3.63) is 28.2 Å². The van der Waals surface area contributed by atoms with E-state index in [1.54, 1.807) is 18.2 Å². The summed E-state index contributed by atoms with van der Waals surface area (Å²) in [5.74, 6) is 0.152. The molecule has 1 aliphatic rings. The summed E-state index contributed by atoms with van der Waals surface area (Å²) >= 11 is 3.12. The summed E-state index contributed by atoms with van der Waals surface area (Å²) in [6.45, 7) is -0.137. The van der Waals surface area contributed by atoms with Gasteiger partial charge in [-0.3, -0.25) is 4.74 Å². The first-order valence-electron chi connectivity index (χ1n) is 3.57. The van der Waals surface area contributed by atoms with E-state index in [1.165, 1.54) is 0 Å². The molecule has 0 fully saturated rings. The highest BCUT2D eigenvalue weighted by Gasteiger charge is 2.39. The quantitative estimate of drug-likeness (QED) is 0.705. The van der Waals surface area contributed by atoms with Crippen LogP contribution in [0.5, 0.6) is 5.75 Å². The summed E-state index contributed by atoms with van der Waals surface area (Å²) in [7, 11) is 0. The lowest BCUT2D eigenvalue weighted by molar-refractivity contribution is -0.368. The monoisotopic (exact) mass is 250 g/mol. The zero-order valence-corrected chi connectivity index (χ0v) is 7.98. The van der Waals surface area contributed by atoms with Crippen LogP contribution >= 0.6 is 15.9 Å². The molecule has 1 aromatic rings. The number of ether oxygens (including phenoxy) is 2. The van der Waals surface area contributed by atoms with Crippen molar-refractivity contribution in [2.45, 2.75) is 12.9 Å². The number of fused-ring (bicyclic) bond motifs is 1. The minimum atomic E-state index is -3.52. The molecule has 13 heavy (non-hydrogen) atoms. The predicted molar refractivity (Wildman–Crippen MR) is 44.5 cm³/mol. The first-order chi connectivity index (χ1) is 6.08. The highest BCUT2D eigenvalue weighted by molar-refractivity contribution is 9.10. The molecular weight excluding hydrogens is 246 g/mol. The second-order valence-corrected chi connectivity index (χ2v) is 3.44. The molecule has 1 heterocycles. The molecule has 0 spiro atoms. The van der Waals surface area contributed by atoms with Gasteiger partial charge in [0.25, 0.3) is 0 Å². The van der Waals surface area contributed by atoms with E-state index in [1.807, 2.05) is 0 Å². The van der Waals surface area contributed by atoms with Crippen LogP contribution in [0.25, 0.3) is 0 Å². The van der Waals surface area contributed by atoms with Crippen molar-refractivity contribution in [2.24, 2.45) is 0 Å². The Bertz CT molecular complexity index is 341. The van der Waals surface area contributed by atoms with Gasteiger partial charge in [0.2, 0.25) is 0 Å². The highest BCUT2D eigenvalue weighted by Crippen LogP contribution is 2.38. The van der Waals surface area contributed by atoms with E-state index in [9.17, 15) is 8.78 Å². The lowest BCUT2D eigenvalue weighted by Crippen LogP contribution is -2.32. The van der Waals surface area contributed by atoms with Gasteiger partial charge in [0, 0.05) is 5.56 Å². The molecule has 0 radical (unpaired) electrons. The van der Waals surface area contributed by atoms with Crippen molar-refractivity contribution >= 4 is 15.9 Å². The van der Waals surface area contributed by atoms with Gasteiger partial charge in [0.15, 0.2) is 0 Å². The average molecular weight is 251 g/mol. The van der Waals surface area contributed by atoms with E-state index in [-0.39, 0.29) is 12.4 Å². The second kappa shape index (κ2) is 2.92. The number of para-hydroxylation sites is 1. The van der Waals surface area contributed by atoms with Crippen molar-refractivity contribution < 1.29 is 18.3 Å². The van der Waals surface area contributed by atoms with Crippen LogP contribution in [0.3, 0.4) is 0 Å². The number of benzene rings is 1. The summed E-state index contributed by atoms with van der Waals surface area (Å²) < 4.78 is 34.2. The van der Waals surface area contributed by atoms with Crippen molar-refractivity contribution in [3.8, 4) is 5.75 Å². The third-order valence-corrected chi connectivity index (χ3v) is 2.29. The average Bonchev–Trinajstić information content (AvgIpc) is 2.06. The van der Waals surface area contributed by atoms with Crippen molar-refractivity contribution in [1.82, 2.24) is 0 Å². The SMILES string of the molecule is FC1(F)OCc2cccc(Br)c2O1. The summed E-state index contributed by atoms with van der Waals surface area (Å²) in [6, 6.07) is 5.05. The topological polar surface area (TPSA) is 18.5 Å². The third-order valence-electron chi connectivity index (χ3n) is 1.67.